The molecule has 0 N–H and O–H groups in total. The van der Waals surface area contributed by atoms with E-state index in [9.17, 15) is 2.74 Å². The fourth-order valence-electron chi connectivity index (χ4n) is 7.17. The van der Waals surface area contributed by atoms with E-state index in [1.807, 2.05) is 78.9 Å². The molecule has 1 heteroatoms. The van der Waals surface area contributed by atoms with Gasteiger partial charge in [-0.05, 0) is 107 Å². The molecule has 0 aliphatic carbocycles. The highest BCUT2D eigenvalue weighted by molar-refractivity contribution is 6.26. The van der Waals surface area contributed by atoms with Crippen molar-refractivity contribution in [3.63, 3.8) is 0 Å². The van der Waals surface area contributed by atoms with Gasteiger partial charge in [-0.15, -0.1) is 0 Å². The molecular weight excluding hydrogens is 569 g/mol. The van der Waals surface area contributed by atoms with E-state index in [0.717, 1.165) is 76.5 Å². The van der Waals surface area contributed by atoms with Crippen LogP contribution in [-0.2, 0) is 0 Å². The summed E-state index contributed by atoms with van der Waals surface area (Å²) in [4.78, 5) is 0. The minimum absolute atomic E-state index is 0.0700. The Bertz CT molecular complexity index is 3240. The molecule has 0 saturated heterocycles. The smallest absolute Gasteiger partial charge is 0.136 e. The van der Waals surface area contributed by atoms with Gasteiger partial charge in [0.05, 0.1) is 9.60 Å². The molecule has 1 heterocycles. The first-order valence-corrected chi connectivity index (χ1v) is 15.6. The Labute approximate surface area is 281 Å². The van der Waals surface area contributed by atoms with Crippen LogP contribution < -0.4 is 0 Å². The molecule has 1 aromatic heterocycles. The summed E-state index contributed by atoms with van der Waals surface area (Å²) < 4.78 is 68.8. The predicted molar refractivity (Wildman–Crippen MR) is 200 cm³/mol. The van der Waals surface area contributed by atoms with Crippen LogP contribution in [0.5, 0.6) is 0 Å². The van der Waals surface area contributed by atoms with Crippen LogP contribution in [0.15, 0.2) is 174 Å². The van der Waals surface area contributed by atoms with Gasteiger partial charge in [-0.25, -0.2) is 0 Å². The molecule has 218 valence electrons. The van der Waals surface area contributed by atoms with Crippen LogP contribution in [-0.4, -0.2) is 0 Å². The van der Waals surface area contributed by atoms with Crippen molar-refractivity contribution in [3.8, 4) is 33.4 Å². The van der Waals surface area contributed by atoms with Crippen LogP contribution >= 0.6 is 0 Å². The van der Waals surface area contributed by atoms with Crippen molar-refractivity contribution in [2.45, 2.75) is 0 Å². The number of furan rings is 1. The fraction of sp³-hybridized carbons (Fsp3) is 0. The molecule has 0 saturated carbocycles. The predicted octanol–water partition coefficient (Wildman–Crippen LogP) is 13.2. The van der Waals surface area contributed by atoms with Crippen LogP contribution in [0.4, 0.5) is 0 Å². The van der Waals surface area contributed by atoms with Gasteiger partial charge < -0.3 is 4.42 Å². The molecule has 1 nitrogen and oxygen atoms in total. The maximum absolute atomic E-state index is 9.58. The maximum atomic E-state index is 9.58. The molecule has 0 atom stereocenters. The van der Waals surface area contributed by atoms with Gasteiger partial charge in [0.15, 0.2) is 0 Å². The number of hydrogen-bond acceptors (Lipinski definition) is 1. The van der Waals surface area contributed by atoms with Gasteiger partial charge in [0.1, 0.15) is 11.2 Å². The number of fused-ring (bicyclic) bond motifs is 7. The topological polar surface area (TPSA) is 13.1 Å². The first kappa shape index (κ1) is 20.0. The van der Waals surface area contributed by atoms with Crippen LogP contribution in [0.2, 0.25) is 0 Å². The first-order chi connectivity index (χ1) is 26.2. The molecule has 0 fully saturated rings. The maximum Gasteiger partial charge on any atom is 0.136 e. The van der Waals surface area contributed by atoms with E-state index in [2.05, 4.69) is 48.5 Å². The Morgan fingerprint density at radius 3 is 1.98 bits per heavy atom. The Kier molecular flexibility index (Phi) is 4.34. The average molecular weight is 604 g/mol. The molecule has 9 aromatic carbocycles. The second kappa shape index (κ2) is 10.2. The van der Waals surface area contributed by atoms with Crippen molar-refractivity contribution < 1.29 is 14.0 Å². The zero-order valence-electron chi connectivity index (χ0n) is 32.0. The summed E-state index contributed by atoms with van der Waals surface area (Å²) >= 11 is 0. The average Bonchev–Trinajstić information content (AvgIpc) is 3.57. The second-order valence-corrected chi connectivity index (χ2v) is 11.9. The zero-order valence-corrected chi connectivity index (χ0v) is 25.0. The number of hydrogen-bond donors (Lipinski definition) is 0. The summed E-state index contributed by atoms with van der Waals surface area (Å²) in [5.74, 6) is 0. The molecule has 0 radical (unpaired) electrons. The highest BCUT2D eigenvalue weighted by atomic mass is 16.3. The van der Waals surface area contributed by atoms with E-state index in [1.54, 1.807) is 0 Å². The number of benzene rings is 9. The van der Waals surface area contributed by atoms with Gasteiger partial charge in [-0.1, -0.05) is 139 Å². The highest BCUT2D eigenvalue weighted by Crippen LogP contribution is 2.48. The summed E-state index contributed by atoms with van der Waals surface area (Å²) in [6.07, 6.45) is 0. The lowest BCUT2D eigenvalue weighted by atomic mass is 9.83. The minimum atomic E-state index is -0.491. The molecule has 47 heavy (non-hydrogen) atoms. The summed E-state index contributed by atoms with van der Waals surface area (Å²) in [6.45, 7) is 0. The number of rotatable bonds is 3. The Hall–Kier alpha value is -6.18. The van der Waals surface area contributed by atoms with Gasteiger partial charge in [-0.3, -0.25) is 0 Å². The van der Waals surface area contributed by atoms with E-state index in [0.29, 0.717) is 5.56 Å². The third kappa shape index (κ3) is 4.03. The van der Waals surface area contributed by atoms with E-state index in [-0.39, 0.29) is 34.5 Å². The molecule has 10 rings (SSSR count). The van der Waals surface area contributed by atoms with Crippen molar-refractivity contribution in [1.29, 1.82) is 0 Å². The summed E-state index contributed by atoms with van der Waals surface area (Å²) in [7, 11) is 0. The quantitative estimate of drug-likeness (QED) is 0.183. The minimum Gasteiger partial charge on any atom is -0.456 e. The Balaban J connectivity index is 1.40. The molecule has 0 aliphatic heterocycles. The molecular formula is C46H28O. The van der Waals surface area contributed by atoms with Crippen molar-refractivity contribution in [2.75, 3.05) is 0 Å². The van der Waals surface area contributed by atoms with Crippen LogP contribution in [0.25, 0.3) is 98.4 Å². The van der Waals surface area contributed by atoms with Gasteiger partial charge >= 0.3 is 0 Å². The van der Waals surface area contributed by atoms with E-state index in [1.165, 1.54) is 0 Å². The van der Waals surface area contributed by atoms with Crippen LogP contribution in [0, 0.1) is 0 Å². The highest BCUT2D eigenvalue weighted by Gasteiger charge is 2.21. The lowest BCUT2D eigenvalue weighted by Gasteiger charge is -2.19. The van der Waals surface area contributed by atoms with Gasteiger partial charge in [0.25, 0.3) is 0 Å². The third-order valence-corrected chi connectivity index (χ3v) is 9.26. The van der Waals surface area contributed by atoms with Crippen molar-refractivity contribution in [2.24, 2.45) is 0 Å². The summed E-state index contributed by atoms with van der Waals surface area (Å²) in [5.41, 5.74) is 6.09. The largest absolute Gasteiger partial charge is 0.456 e. The fourth-order valence-corrected chi connectivity index (χ4v) is 7.17. The monoisotopic (exact) mass is 603 g/mol. The Morgan fingerprint density at radius 2 is 1.13 bits per heavy atom. The lowest BCUT2D eigenvalue weighted by molar-refractivity contribution is 0.669. The first-order valence-electron chi connectivity index (χ1n) is 19.1. The van der Waals surface area contributed by atoms with E-state index < -0.39 is 24.2 Å². The molecule has 0 spiro atoms. The third-order valence-electron chi connectivity index (χ3n) is 9.26. The lowest BCUT2D eigenvalue weighted by Crippen LogP contribution is -1.92. The van der Waals surface area contributed by atoms with E-state index >= 15 is 0 Å². The van der Waals surface area contributed by atoms with Gasteiger partial charge in [-0.2, -0.15) is 0 Å². The van der Waals surface area contributed by atoms with Crippen molar-refractivity contribution in [1.82, 2.24) is 0 Å². The zero-order chi connectivity index (χ0) is 37.0. The summed E-state index contributed by atoms with van der Waals surface area (Å²) in [6, 6.07) is 40.1. The summed E-state index contributed by atoms with van der Waals surface area (Å²) in [5, 5.41) is 7.21. The SMILES string of the molecule is [2H]c1c([2H])c([2H])c2c([2H])c(-c3c4ccccc4c(-c4cccc5oc6cc7ccccc7cc6c45)c4ccc(-c5ccccc5)cc34)c([2H])c([2H])c2c1[2H]. The van der Waals surface area contributed by atoms with Crippen LogP contribution in [0.1, 0.15) is 9.60 Å². The van der Waals surface area contributed by atoms with Crippen LogP contribution in [0.3, 0.4) is 0 Å². The molecule has 0 bridgehead atoms. The van der Waals surface area contributed by atoms with Gasteiger partial charge in [0, 0.05) is 10.8 Å². The van der Waals surface area contributed by atoms with E-state index in [4.69, 9.17) is 11.3 Å². The van der Waals surface area contributed by atoms with Crippen molar-refractivity contribution >= 4 is 65.0 Å². The normalized spacial score (nSPS) is 13.9. The standard InChI is InChI=1S/C46H28O/c1-2-11-29(12-3-1)34-23-24-38-40(26-34)44(35-22-21-30-13-4-5-14-31(30)25-35)36-17-8-9-18-37(36)45(38)39-19-10-20-42-46(39)41-27-32-15-6-7-16-33(32)28-43(41)47-42/h1-28H/i4D,5D,13D,14D,21D,22D,25D. The molecule has 0 aliphatic rings. The second-order valence-electron chi connectivity index (χ2n) is 11.9. The molecule has 10 aromatic rings. The molecule has 0 amide bonds. The van der Waals surface area contributed by atoms with Crippen molar-refractivity contribution in [3.05, 3.63) is 170 Å². The van der Waals surface area contributed by atoms with Gasteiger partial charge in [0.2, 0.25) is 0 Å². The Morgan fingerprint density at radius 1 is 0.404 bits per heavy atom. The molecule has 0 unspecified atom stereocenters.